The zero-order chi connectivity index (χ0) is 38.6. The van der Waals surface area contributed by atoms with E-state index in [4.69, 9.17) is 106 Å². The van der Waals surface area contributed by atoms with Crippen LogP contribution in [0.4, 0.5) is 0 Å². The number of rotatable bonds is 4. The van der Waals surface area contributed by atoms with E-state index in [1.807, 2.05) is 71.3 Å². The normalized spacial score (nSPS) is 11.7. The lowest BCUT2D eigenvalue weighted by molar-refractivity contribution is 0.669. The molecule has 22 radical (unpaired) electrons. The maximum absolute atomic E-state index is 6.67. The minimum absolute atomic E-state index is 0.0733. The van der Waals surface area contributed by atoms with Crippen molar-refractivity contribution in [3.63, 3.8) is 0 Å². The van der Waals surface area contributed by atoms with Gasteiger partial charge < -0.3 is 8.98 Å². The molecule has 0 bridgehead atoms. The number of benzene rings is 6. The Morgan fingerprint density at radius 3 is 1.64 bits per heavy atom. The molecule has 0 fully saturated rings. The highest BCUT2D eigenvalue weighted by molar-refractivity contribution is 6.69. The lowest BCUT2D eigenvalue weighted by atomic mass is 9.60. The summed E-state index contributed by atoms with van der Waals surface area (Å²) in [6, 6.07) is 24.1. The molecular weight excluding hydrogens is 659 g/mol. The van der Waals surface area contributed by atoms with Crippen molar-refractivity contribution in [3.05, 3.63) is 78.9 Å². The van der Waals surface area contributed by atoms with Crippen molar-refractivity contribution in [3.8, 4) is 39.9 Å². The van der Waals surface area contributed by atoms with Crippen LogP contribution in [0.15, 0.2) is 83.3 Å². The zero-order valence-electron chi connectivity index (χ0n) is 29.1. The van der Waals surface area contributed by atoms with Gasteiger partial charge in [-0.25, -0.2) is 15.0 Å². The predicted octanol–water partition coefficient (Wildman–Crippen LogP) is -3.40. The van der Waals surface area contributed by atoms with Crippen LogP contribution in [-0.2, 0) is 0 Å². The maximum atomic E-state index is 6.67. The monoisotopic (exact) mass is 674 g/mol. The van der Waals surface area contributed by atoms with Gasteiger partial charge in [0.2, 0.25) is 0 Å². The fourth-order valence-corrected chi connectivity index (χ4v) is 7.33. The second-order valence-electron chi connectivity index (χ2n) is 13.3. The number of fused-ring (bicyclic) bond motifs is 6. The standard InChI is InChI=1S/C39H13B11N4O/c40-19-12-21(42)34-24(27(19)44)25-28(45)20(41)13-22(43)35(25)54(34)15-9-10-16-17-7-4-8-18(36(17)55-23(16)11-15)38-51-37(14-5-2-1-3-6-14)52-39(53-38)26-29(46)31(48)33(50)32(49)30(26)47/h1-13H. The molecule has 0 atom stereocenters. The minimum Gasteiger partial charge on any atom is -0.455 e. The van der Waals surface area contributed by atoms with Gasteiger partial charge in [-0.05, 0) is 29.0 Å². The van der Waals surface area contributed by atoms with Crippen LogP contribution in [0.3, 0.4) is 0 Å². The summed E-state index contributed by atoms with van der Waals surface area (Å²) >= 11 is 0. The summed E-state index contributed by atoms with van der Waals surface area (Å²) in [7, 11) is 70.5. The molecule has 0 saturated heterocycles. The highest BCUT2D eigenvalue weighted by Crippen LogP contribution is 2.37. The topological polar surface area (TPSA) is 56.7 Å². The van der Waals surface area contributed by atoms with Crippen molar-refractivity contribution in [2.45, 2.75) is 0 Å². The van der Waals surface area contributed by atoms with Crippen molar-refractivity contribution in [1.29, 1.82) is 0 Å². The molecule has 16 heteroatoms. The third kappa shape index (κ3) is 5.28. The summed E-state index contributed by atoms with van der Waals surface area (Å²) in [5, 5.41) is 2.71. The molecule has 9 rings (SSSR count). The number of nitrogens with zero attached hydrogens (tertiary/aromatic N) is 4. The largest absolute Gasteiger partial charge is 0.455 e. The Morgan fingerprint density at radius 1 is 0.455 bits per heavy atom. The third-order valence-electron chi connectivity index (χ3n) is 10.1. The van der Waals surface area contributed by atoms with Gasteiger partial charge in [-0.2, -0.15) is 0 Å². The molecule has 0 aliphatic rings. The molecular formula is C39H13B11N4O. The molecule has 0 N–H and O–H groups in total. The molecule has 228 valence electrons. The molecule has 55 heavy (non-hydrogen) atoms. The van der Waals surface area contributed by atoms with Gasteiger partial charge in [0, 0.05) is 44.7 Å². The van der Waals surface area contributed by atoms with Crippen molar-refractivity contribution in [2.75, 3.05) is 0 Å². The van der Waals surface area contributed by atoms with Crippen LogP contribution < -0.4 is 60.1 Å². The predicted molar refractivity (Wildman–Crippen MR) is 237 cm³/mol. The van der Waals surface area contributed by atoms with Crippen molar-refractivity contribution < 1.29 is 4.42 Å². The number of para-hydroxylation sites is 1. The van der Waals surface area contributed by atoms with E-state index in [9.17, 15) is 0 Å². The van der Waals surface area contributed by atoms with E-state index < -0.39 is 0 Å². The van der Waals surface area contributed by atoms with Gasteiger partial charge in [0.05, 0.1) is 5.56 Å². The molecule has 0 aliphatic heterocycles. The number of furan rings is 1. The Balaban J connectivity index is 1.30. The van der Waals surface area contributed by atoms with E-state index in [2.05, 4.69) is 0 Å². The lowest BCUT2D eigenvalue weighted by Crippen LogP contribution is -2.55. The summed E-state index contributed by atoms with van der Waals surface area (Å²) < 4.78 is 8.55. The summed E-state index contributed by atoms with van der Waals surface area (Å²) in [5.74, 6) is 0.782. The Bertz CT molecular complexity index is 3030. The molecule has 0 spiro atoms. The first-order chi connectivity index (χ1) is 26.3. The van der Waals surface area contributed by atoms with E-state index >= 15 is 0 Å². The third-order valence-corrected chi connectivity index (χ3v) is 10.1. The first kappa shape index (κ1) is 35.4. The molecule has 9 aromatic rings. The van der Waals surface area contributed by atoms with Crippen LogP contribution in [-0.4, -0.2) is 106 Å². The van der Waals surface area contributed by atoms with Gasteiger partial charge >= 0.3 is 0 Å². The smallest absolute Gasteiger partial charge is 0.167 e. The molecule has 0 saturated carbocycles. The van der Waals surface area contributed by atoms with Gasteiger partial charge in [0.1, 0.15) is 97.5 Å². The van der Waals surface area contributed by atoms with Crippen molar-refractivity contribution in [1.82, 2.24) is 19.5 Å². The SMILES string of the molecule is [B]c1cc([B])c2c(c1[B])c1c([B])c([B])cc([B])c1n2-c1ccc2c(c1)oc1c(-c3nc(-c4ccccc4)nc(-c4c([B])c([B])c([B])c([B])c4[B])n3)cccc12. The average molecular weight is 672 g/mol. The summed E-state index contributed by atoms with van der Waals surface area (Å²) in [4.78, 5) is 14.5. The molecule has 6 aromatic carbocycles. The van der Waals surface area contributed by atoms with E-state index in [0.717, 1.165) is 16.3 Å². The second kappa shape index (κ2) is 12.9. The van der Waals surface area contributed by atoms with Crippen LogP contribution in [0.2, 0.25) is 0 Å². The second-order valence-corrected chi connectivity index (χ2v) is 13.3. The highest BCUT2D eigenvalue weighted by atomic mass is 16.3. The van der Waals surface area contributed by atoms with E-state index in [1.165, 1.54) is 0 Å². The first-order valence-corrected chi connectivity index (χ1v) is 16.9. The molecule has 0 unspecified atom stereocenters. The fraction of sp³-hybridized carbons (Fsp3) is 0. The maximum Gasteiger partial charge on any atom is 0.167 e. The van der Waals surface area contributed by atoms with Crippen molar-refractivity contribution in [2.24, 2.45) is 0 Å². The van der Waals surface area contributed by atoms with Crippen LogP contribution in [0, 0.1) is 0 Å². The van der Waals surface area contributed by atoms with E-state index in [-0.39, 0.29) is 44.5 Å². The van der Waals surface area contributed by atoms with Gasteiger partial charge in [-0.15, -0.1) is 27.3 Å². The van der Waals surface area contributed by atoms with Crippen LogP contribution in [0.5, 0.6) is 0 Å². The van der Waals surface area contributed by atoms with Gasteiger partial charge in [0.25, 0.3) is 0 Å². The lowest BCUT2D eigenvalue weighted by Gasteiger charge is -2.20. The molecule has 0 amide bonds. The molecule has 3 heterocycles. The Hall–Kier alpha value is -5.36. The molecule has 0 aliphatic carbocycles. The summed E-state index contributed by atoms with van der Waals surface area (Å²) in [5.41, 5.74) is 6.74. The number of hydrogen-bond donors (Lipinski definition) is 0. The quantitative estimate of drug-likeness (QED) is 0.183. The van der Waals surface area contributed by atoms with Gasteiger partial charge in [-0.3, -0.25) is 0 Å². The Kier molecular flexibility index (Phi) is 8.27. The van der Waals surface area contributed by atoms with Crippen molar-refractivity contribution >= 4 is 190 Å². The number of hydrogen-bond acceptors (Lipinski definition) is 4. The Labute approximate surface area is 331 Å². The minimum atomic E-state index is 0.0733. The van der Waals surface area contributed by atoms with Crippen LogP contribution in [0.25, 0.3) is 83.6 Å². The van der Waals surface area contributed by atoms with E-state index in [1.54, 1.807) is 12.1 Å². The zero-order valence-corrected chi connectivity index (χ0v) is 29.1. The fourth-order valence-electron chi connectivity index (χ4n) is 7.33. The van der Waals surface area contributed by atoms with Gasteiger partial charge in [-0.1, -0.05) is 87.4 Å². The van der Waals surface area contributed by atoms with Gasteiger partial charge in [0.15, 0.2) is 17.5 Å². The van der Waals surface area contributed by atoms with Crippen LogP contribution >= 0.6 is 0 Å². The average Bonchev–Trinajstić information content (AvgIpc) is 3.75. The molecule has 3 aromatic heterocycles. The summed E-state index contributed by atoms with van der Waals surface area (Å²) in [6.07, 6.45) is 0. The first-order valence-electron chi connectivity index (χ1n) is 16.9. The van der Waals surface area contributed by atoms with E-state index in [0.29, 0.717) is 82.8 Å². The summed E-state index contributed by atoms with van der Waals surface area (Å²) in [6.45, 7) is 0. The highest BCUT2D eigenvalue weighted by Gasteiger charge is 2.23. The Morgan fingerprint density at radius 2 is 1.02 bits per heavy atom. The van der Waals surface area contributed by atoms with Crippen LogP contribution in [0.1, 0.15) is 0 Å². The molecule has 5 nitrogen and oxygen atoms in total. The number of aromatic nitrogens is 4.